The first-order valence-corrected chi connectivity index (χ1v) is 7.45. The van der Waals surface area contributed by atoms with Gasteiger partial charge in [-0.05, 0) is 0 Å². The molecule has 0 bridgehead atoms. The number of benzene rings is 2. The van der Waals surface area contributed by atoms with E-state index in [2.05, 4.69) is 0 Å². The van der Waals surface area contributed by atoms with Gasteiger partial charge in [0.1, 0.15) is 11.5 Å². The van der Waals surface area contributed by atoms with E-state index in [4.69, 9.17) is 9.47 Å². The van der Waals surface area contributed by atoms with E-state index in [-0.39, 0.29) is 23.1 Å². The second-order valence-electron chi connectivity index (χ2n) is 5.34. The molecule has 0 saturated carbocycles. The van der Waals surface area contributed by atoms with Gasteiger partial charge in [-0.15, -0.1) is 0 Å². The van der Waals surface area contributed by atoms with Crippen molar-refractivity contribution in [1.29, 1.82) is 0 Å². The van der Waals surface area contributed by atoms with Crippen molar-refractivity contribution in [1.82, 2.24) is 0 Å². The fourth-order valence-electron chi connectivity index (χ4n) is 2.55. The second-order valence-corrected chi connectivity index (χ2v) is 5.34. The molecule has 0 N–H and O–H groups in total. The van der Waals surface area contributed by atoms with Crippen LogP contribution in [0.3, 0.4) is 0 Å². The van der Waals surface area contributed by atoms with E-state index in [0.29, 0.717) is 11.5 Å². The number of rotatable bonds is 2. The molecule has 0 spiro atoms. The number of carbonyl (C=O) groups excluding carboxylic acids is 2. The molecule has 4 rings (SSSR count). The minimum Gasteiger partial charge on any atom is -0.448 e. The normalized spacial score (nSPS) is 19.7. The van der Waals surface area contributed by atoms with Crippen molar-refractivity contribution in [3.8, 4) is 0 Å². The van der Waals surface area contributed by atoms with Gasteiger partial charge in [0.2, 0.25) is 23.1 Å². The molecule has 0 saturated heterocycles. The van der Waals surface area contributed by atoms with E-state index < -0.39 is 0 Å². The minimum absolute atomic E-state index is 0.0685. The Kier molecular flexibility index (Phi) is 3.35. The number of ketones is 2. The Balaban J connectivity index is 1.63. The molecular formula is C20H12O4. The van der Waals surface area contributed by atoms with Crippen molar-refractivity contribution < 1.29 is 19.1 Å². The molecule has 2 aromatic rings. The molecule has 4 heteroatoms. The maximum atomic E-state index is 12.2. The molecule has 0 unspecified atom stereocenters. The fourth-order valence-corrected chi connectivity index (χ4v) is 2.55. The first kappa shape index (κ1) is 14.2. The highest BCUT2D eigenvalue weighted by molar-refractivity contribution is 6.18. The predicted molar refractivity (Wildman–Crippen MR) is 88.0 cm³/mol. The minimum atomic E-state index is -0.375. The van der Waals surface area contributed by atoms with Crippen LogP contribution in [0.4, 0.5) is 0 Å². The first-order chi connectivity index (χ1) is 11.7. The van der Waals surface area contributed by atoms with Gasteiger partial charge < -0.3 is 9.47 Å². The highest BCUT2D eigenvalue weighted by atomic mass is 16.5. The van der Waals surface area contributed by atoms with E-state index in [9.17, 15) is 9.59 Å². The maximum absolute atomic E-state index is 12.2. The summed E-state index contributed by atoms with van der Waals surface area (Å²) in [6.07, 6.45) is 2.74. The average Bonchev–Trinajstić information content (AvgIpc) is 3.19. The third kappa shape index (κ3) is 2.44. The Bertz CT molecular complexity index is 841. The van der Waals surface area contributed by atoms with Crippen LogP contribution in [0.5, 0.6) is 0 Å². The van der Waals surface area contributed by atoms with Crippen molar-refractivity contribution in [2.45, 2.75) is 0 Å². The van der Waals surface area contributed by atoms with Gasteiger partial charge in [-0.1, -0.05) is 60.7 Å². The summed E-state index contributed by atoms with van der Waals surface area (Å²) in [4.78, 5) is 24.4. The molecule has 0 fully saturated rings. The Hall–Kier alpha value is -3.40. The first-order valence-electron chi connectivity index (χ1n) is 7.45. The van der Waals surface area contributed by atoms with Crippen molar-refractivity contribution in [2.24, 2.45) is 0 Å². The van der Waals surface area contributed by atoms with Crippen LogP contribution in [-0.4, -0.2) is 11.6 Å². The van der Waals surface area contributed by atoms with Crippen LogP contribution in [0, 0.1) is 0 Å². The van der Waals surface area contributed by atoms with Crippen LogP contribution < -0.4 is 0 Å². The van der Waals surface area contributed by atoms with E-state index >= 15 is 0 Å². The molecule has 0 aromatic heterocycles. The summed E-state index contributed by atoms with van der Waals surface area (Å²) in [6, 6.07) is 18.5. The van der Waals surface area contributed by atoms with Crippen molar-refractivity contribution >= 4 is 23.1 Å². The summed E-state index contributed by atoms with van der Waals surface area (Å²) in [7, 11) is 0. The van der Waals surface area contributed by atoms with Gasteiger partial charge in [-0.25, -0.2) is 0 Å². The van der Waals surface area contributed by atoms with E-state index in [0.717, 1.165) is 11.1 Å². The lowest BCUT2D eigenvalue weighted by molar-refractivity contribution is -0.116. The fraction of sp³-hybridized carbons (Fsp3) is 0. The van der Waals surface area contributed by atoms with Gasteiger partial charge in [0.05, 0.1) is 0 Å². The van der Waals surface area contributed by atoms with Gasteiger partial charge in [-0.2, -0.15) is 0 Å². The molecule has 2 heterocycles. The van der Waals surface area contributed by atoms with Crippen LogP contribution in [0.15, 0.2) is 84.3 Å². The zero-order valence-corrected chi connectivity index (χ0v) is 12.6. The third-order valence-electron chi connectivity index (χ3n) is 3.72. The van der Waals surface area contributed by atoms with Crippen molar-refractivity contribution in [2.75, 3.05) is 0 Å². The summed E-state index contributed by atoms with van der Waals surface area (Å²) >= 11 is 0. The van der Waals surface area contributed by atoms with Crippen molar-refractivity contribution in [3.05, 3.63) is 95.5 Å². The Morgan fingerprint density at radius 2 is 0.917 bits per heavy atom. The lowest BCUT2D eigenvalue weighted by Crippen LogP contribution is -2.05. The summed E-state index contributed by atoms with van der Waals surface area (Å²) in [5.74, 6) is -0.0674. The zero-order chi connectivity index (χ0) is 16.5. The number of ether oxygens (including phenoxy) is 2. The van der Waals surface area contributed by atoms with Gasteiger partial charge in [0, 0.05) is 23.3 Å². The van der Waals surface area contributed by atoms with Gasteiger partial charge >= 0.3 is 0 Å². The SMILES string of the molecule is O=C1C=C(c2ccccc2)OC1=C1OC(c2ccccc2)=CC1=O. The lowest BCUT2D eigenvalue weighted by atomic mass is 10.1. The van der Waals surface area contributed by atoms with E-state index in [1.165, 1.54) is 12.2 Å². The molecule has 2 aliphatic rings. The van der Waals surface area contributed by atoms with Gasteiger partial charge in [0.25, 0.3) is 0 Å². The zero-order valence-electron chi connectivity index (χ0n) is 12.6. The molecule has 116 valence electrons. The average molecular weight is 316 g/mol. The summed E-state index contributed by atoms with van der Waals surface area (Å²) in [5, 5.41) is 0. The molecule has 2 aliphatic heterocycles. The van der Waals surface area contributed by atoms with Crippen LogP contribution in [0.2, 0.25) is 0 Å². The predicted octanol–water partition coefficient (Wildman–Crippen LogP) is 3.48. The number of hydrogen-bond donors (Lipinski definition) is 0. The molecule has 0 amide bonds. The van der Waals surface area contributed by atoms with Crippen LogP contribution >= 0.6 is 0 Å². The highest BCUT2D eigenvalue weighted by Crippen LogP contribution is 2.34. The largest absolute Gasteiger partial charge is 0.448 e. The van der Waals surface area contributed by atoms with Crippen molar-refractivity contribution in [3.63, 3.8) is 0 Å². The highest BCUT2D eigenvalue weighted by Gasteiger charge is 2.33. The topological polar surface area (TPSA) is 52.6 Å². The second kappa shape index (κ2) is 5.66. The third-order valence-corrected chi connectivity index (χ3v) is 3.72. The molecule has 2 aromatic carbocycles. The summed E-state index contributed by atoms with van der Waals surface area (Å²) in [6.45, 7) is 0. The Morgan fingerprint density at radius 1 is 0.542 bits per heavy atom. The lowest BCUT2D eigenvalue weighted by Gasteiger charge is -2.08. The van der Waals surface area contributed by atoms with Gasteiger partial charge in [-0.3, -0.25) is 9.59 Å². The Morgan fingerprint density at radius 3 is 1.29 bits per heavy atom. The van der Waals surface area contributed by atoms with Crippen LogP contribution in [0.1, 0.15) is 11.1 Å². The van der Waals surface area contributed by atoms with Gasteiger partial charge in [0.15, 0.2) is 0 Å². The molecule has 0 atom stereocenters. The Labute approximate surface area is 138 Å². The standard InChI is InChI=1S/C20H12O4/c21-15-11-17(13-7-3-1-4-8-13)23-19(15)20-16(22)12-18(24-20)14-9-5-2-6-10-14/h1-12H. The molecular weight excluding hydrogens is 304 g/mol. The molecule has 4 nitrogen and oxygen atoms in total. The quantitative estimate of drug-likeness (QED) is 0.796. The molecule has 24 heavy (non-hydrogen) atoms. The molecule has 0 radical (unpaired) electrons. The van der Waals surface area contributed by atoms with Crippen LogP contribution in [0.25, 0.3) is 11.5 Å². The van der Waals surface area contributed by atoms with E-state index in [1.54, 1.807) is 0 Å². The number of carbonyl (C=O) groups is 2. The maximum Gasteiger partial charge on any atom is 0.228 e. The smallest absolute Gasteiger partial charge is 0.228 e. The number of hydrogen-bond acceptors (Lipinski definition) is 4. The van der Waals surface area contributed by atoms with E-state index in [1.807, 2.05) is 60.7 Å². The molecule has 0 aliphatic carbocycles. The summed E-state index contributed by atoms with van der Waals surface area (Å²) < 4.78 is 11.2. The number of allylic oxidation sites excluding steroid dienone is 2. The summed E-state index contributed by atoms with van der Waals surface area (Å²) in [5.41, 5.74) is 1.53. The monoisotopic (exact) mass is 316 g/mol. The van der Waals surface area contributed by atoms with Crippen LogP contribution in [-0.2, 0) is 19.1 Å².